The molecule has 3 rings (SSSR count). The third-order valence-corrected chi connectivity index (χ3v) is 10.8. The lowest BCUT2D eigenvalue weighted by atomic mass is 10.0. The average Bonchev–Trinajstić information content (AvgIpc) is 3.23. The zero-order chi connectivity index (χ0) is 25.3. The van der Waals surface area contributed by atoms with Gasteiger partial charge in [-0.25, -0.2) is 31.6 Å². The molecule has 1 aromatic heterocycles. The molecule has 188 valence electrons. The van der Waals surface area contributed by atoms with Gasteiger partial charge in [-0.2, -0.15) is 0 Å². The molecule has 0 saturated carbocycles. The van der Waals surface area contributed by atoms with E-state index in [1.54, 1.807) is 31.2 Å². The summed E-state index contributed by atoms with van der Waals surface area (Å²) in [4.78, 5) is 19.0. The van der Waals surface area contributed by atoms with Crippen LogP contribution in [0.4, 0.5) is 4.79 Å². The van der Waals surface area contributed by atoms with Gasteiger partial charge in [0.05, 0.1) is 23.3 Å². The zero-order valence-electron chi connectivity index (χ0n) is 18.3. The van der Waals surface area contributed by atoms with Gasteiger partial charge in [-0.15, -0.1) is 11.3 Å². The summed E-state index contributed by atoms with van der Waals surface area (Å²) in [5, 5.41) is 21.4. The Bertz CT molecular complexity index is 1260. The molecule has 2 heterocycles. The average molecular weight is 536 g/mol. The second-order valence-corrected chi connectivity index (χ2v) is 13.0. The summed E-state index contributed by atoms with van der Waals surface area (Å²) in [6.45, 7) is 3.02. The normalized spacial score (nSPS) is 19.6. The number of primary sulfonamides is 1. The van der Waals surface area contributed by atoms with Crippen molar-refractivity contribution in [3.05, 3.63) is 47.0 Å². The zero-order valence-corrected chi connectivity index (χ0v) is 20.8. The van der Waals surface area contributed by atoms with E-state index in [1.165, 1.54) is 17.9 Å². The molecular formula is C19H25N3O9S3. The van der Waals surface area contributed by atoms with Crippen molar-refractivity contribution in [3.8, 4) is 0 Å². The lowest BCUT2D eigenvalue weighted by Crippen LogP contribution is -2.40. The summed E-state index contributed by atoms with van der Waals surface area (Å²) in [7, 11) is -7.91. The molecule has 1 unspecified atom stereocenters. The summed E-state index contributed by atoms with van der Waals surface area (Å²) in [6.07, 6.45) is -0.665. The van der Waals surface area contributed by atoms with Crippen molar-refractivity contribution < 1.29 is 41.6 Å². The van der Waals surface area contributed by atoms with Crippen molar-refractivity contribution in [1.82, 2.24) is 10.3 Å². The number of sulfonamides is 1. The number of benzene rings is 1. The minimum atomic E-state index is -4.13. The molecule has 0 fully saturated rings. The first kappa shape index (κ1) is 26.5. The molecule has 0 spiro atoms. The highest BCUT2D eigenvalue weighted by molar-refractivity contribution is 7.95. The van der Waals surface area contributed by atoms with Gasteiger partial charge in [-0.05, 0) is 37.5 Å². The maximum atomic E-state index is 13.0. The predicted molar refractivity (Wildman–Crippen MR) is 119 cm³/mol. The summed E-state index contributed by atoms with van der Waals surface area (Å²) >= 11 is 0.578. The Labute approximate surface area is 200 Å². The van der Waals surface area contributed by atoms with Crippen LogP contribution < -0.4 is 5.14 Å². The first-order valence-electron chi connectivity index (χ1n) is 10.1. The molecule has 1 aliphatic heterocycles. The topological polar surface area (TPSA) is 177 Å². The Morgan fingerprint density at radius 2 is 1.85 bits per heavy atom. The molecule has 1 aromatic carbocycles. The standard InChI is InChI=1S/C19H25N3O9S3/c1-3-21(19(23)30-10-13-6-4-5-7-14(13)11-31-22(24)25)16-8-12(2)33(26,27)18-15(16)9-17(32-18)34(20,28)29/h4-7,9,12,16,24-25H,3,8,10-11H2,1-2H3,(H2,20,28,29)/t12?,16-/m0/s1. The number of nitrogens with zero attached hydrogens (tertiary/aromatic N) is 2. The highest BCUT2D eigenvalue weighted by Crippen LogP contribution is 2.45. The van der Waals surface area contributed by atoms with Crippen LogP contribution in [0.1, 0.15) is 43.0 Å². The van der Waals surface area contributed by atoms with Crippen molar-refractivity contribution >= 4 is 37.3 Å². The lowest BCUT2D eigenvalue weighted by Gasteiger charge is -2.35. The van der Waals surface area contributed by atoms with Crippen LogP contribution in [-0.4, -0.2) is 55.4 Å². The van der Waals surface area contributed by atoms with Crippen LogP contribution in [0.2, 0.25) is 0 Å². The van der Waals surface area contributed by atoms with Gasteiger partial charge < -0.3 is 9.64 Å². The number of ether oxygens (including phenoxy) is 1. The van der Waals surface area contributed by atoms with Crippen LogP contribution in [0.3, 0.4) is 0 Å². The van der Waals surface area contributed by atoms with Crippen molar-refractivity contribution in [1.29, 1.82) is 0 Å². The Kier molecular flexibility index (Phi) is 7.99. The van der Waals surface area contributed by atoms with Gasteiger partial charge in [0.25, 0.3) is 0 Å². The number of carbonyl (C=O) groups excluding carboxylic acids is 1. The number of amides is 1. The number of fused-ring (bicyclic) bond motifs is 1. The fourth-order valence-electron chi connectivity index (χ4n) is 3.67. The quantitative estimate of drug-likeness (QED) is 0.424. The molecule has 1 amide bonds. The molecule has 4 N–H and O–H groups in total. The first-order valence-corrected chi connectivity index (χ1v) is 14.0. The number of hydrogen-bond donors (Lipinski definition) is 3. The number of nitrogens with two attached hydrogens (primary N) is 1. The second kappa shape index (κ2) is 10.2. The summed E-state index contributed by atoms with van der Waals surface area (Å²) in [5.74, 6) is 0. The molecule has 1 aliphatic rings. The predicted octanol–water partition coefficient (Wildman–Crippen LogP) is 2.17. The monoisotopic (exact) mass is 535 g/mol. The lowest BCUT2D eigenvalue weighted by molar-refractivity contribution is -0.497. The highest BCUT2D eigenvalue weighted by Gasteiger charge is 2.42. The molecule has 0 saturated heterocycles. The molecule has 0 radical (unpaired) electrons. The van der Waals surface area contributed by atoms with E-state index in [9.17, 15) is 21.6 Å². The highest BCUT2D eigenvalue weighted by atomic mass is 32.3. The molecule has 2 atom stereocenters. The van der Waals surface area contributed by atoms with Gasteiger partial charge in [0.2, 0.25) is 10.0 Å². The molecule has 34 heavy (non-hydrogen) atoms. The number of sulfone groups is 1. The Morgan fingerprint density at radius 1 is 1.24 bits per heavy atom. The van der Waals surface area contributed by atoms with Gasteiger partial charge in [-0.1, -0.05) is 24.3 Å². The smallest absolute Gasteiger partial charge is 0.410 e. The number of hydrogen-bond acceptors (Lipinski definition) is 11. The molecule has 0 bridgehead atoms. The minimum Gasteiger partial charge on any atom is -0.445 e. The fraction of sp³-hybridized carbons (Fsp3) is 0.421. The Morgan fingerprint density at radius 3 is 2.41 bits per heavy atom. The van der Waals surface area contributed by atoms with E-state index in [0.29, 0.717) is 22.5 Å². The van der Waals surface area contributed by atoms with Crippen LogP contribution >= 0.6 is 11.3 Å². The van der Waals surface area contributed by atoms with E-state index in [4.69, 9.17) is 20.3 Å². The van der Waals surface area contributed by atoms with Gasteiger partial charge in [-0.3, -0.25) is 10.4 Å². The molecular weight excluding hydrogens is 510 g/mol. The van der Waals surface area contributed by atoms with Gasteiger partial charge >= 0.3 is 6.09 Å². The third kappa shape index (κ3) is 5.58. The number of carbonyl (C=O) groups is 1. The Hall–Kier alpha value is -2.11. The molecule has 15 heteroatoms. The minimum absolute atomic E-state index is 0.0618. The van der Waals surface area contributed by atoms with Crippen LogP contribution in [0.25, 0.3) is 0 Å². The van der Waals surface area contributed by atoms with E-state index in [0.717, 1.165) is 0 Å². The third-order valence-electron chi connectivity index (χ3n) is 5.44. The summed E-state index contributed by atoms with van der Waals surface area (Å²) in [5.41, 5.74) is 1.30. The van der Waals surface area contributed by atoms with Crippen molar-refractivity contribution in [2.75, 3.05) is 6.54 Å². The van der Waals surface area contributed by atoms with E-state index in [2.05, 4.69) is 4.84 Å². The van der Waals surface area contributed by atoms with E-state index in [-0.39, 0.29) is 40.2 Å². The van der Waals surface area contributed by atoms with Crippen molar-refractivity contribution in [3.63, 3.8) is 0 Å². The summed E-state index contributed by atoms with van der Waals surface area (Å²) in [6, 6.07) is 7.22. The van der Waals surface area contributed by atoms with Crippen LogP contribution in [0.15, 0.2) is 38.8 Å². The van der Waals surface area contributed by atoms with E-state index >= 15 is 0 Å². The molecule has 12 nitrogen and oxygen atoms in total. The van der Waals surface area contributed by atoms with Crippen molar-refractivity contribution in [2.45, 2.75) is 53.2 Å². The Balaban J connectivity index is 1.86. The summed E-state index contributed by atoms with van der Waals surface area (Å²) < 4.78 is 54.4. The number of rotatable bonds is 8. The maximum absolute atomic E-state index is 13.0. The largest absolute Gasteiger partial charge is 0.445 e. The van der Waals surface area contributed by atoms with E-state index in [1.807, 2.05) is 0 Å². The van der Waals surface area contributed by atoms with Gasteiger partial charge in [0, 0.05) is 12.1 Å². The SMILES string of the molecule is CCN(C(=O)OCc1ccccc1CON(O)O)[C@H]1CC(C)S(=O)(=O)c2sc(S(N)(=O)=O)cc21. The van der Waals surface area contributed by atoms with Crippen LogP contribution in [0.5, 0.6) is 0 Å². The van der Waals surface area contributed by atoms with E-state index < -0.39 is 42.6 Å². The fourth-order valence-corrected chi connectivity index (χ4v) is 8.07. The first-order chi connectivity index (χ1) is 15.9. The maximum Gasteiger partial charge on any atom is 0.410 e. The van der Waals surface area contributed by atoms with Gasteiger partial charge in [0.15, 0.2) is 9.84 Å². The molecule has 0 aliphatic carbocycles. The number of thiophene rings is 1. The van der Waals surface area contributed by atoms with Gasteiger partial charge in [0.1, 0.15) is 15.0 Å². The second-order valence-electron chi connectivity index (χ2n) is 7.60. The van der Waals surface area contributed by atoms with Crippen LogP contribution in [-0.2, 0) is 42.6 Å². The molecule has 2 aromatic rings. The van der Waals surface area contributed by atoms with Crippen LogP contribution in [0, 0.1) is 0 Å². The van der Waals surface area contributed by atoms with Crippen molar-refractivity contribution in [2.24, 2.45) is 5.14 Å².